The van der Waals surface area contributed by atoms with Crippen molar-refractivity contribution in [3.8, 4) is 0 Å². The van der Waals surface area contributed by atoms with Crippen molar-refractivity contribution >= 4 is 13.8 Å². The Bertz CT molecular complexity index is 603. The Morgan fingerprint density at radius 1 is 0.763 bits per heavy atom. The van der Waals surface area contributed by atoms with E-state index in [1.807, 2.05) is 0 Å². The van der Waals surface area contributed by atoms with Crippen molar-refractivity contribution in [1.82, 2.24) is 0 Å². The van der Waals surface area contributed by atoms with Gasteiger partial charge in [0.2, 0.25) is 0 Å². The first kappa shape index (κ1) is 37.2. The number of hydrogen-bond acceptors (Lipinski definition) is 7. The van der Waals surface area contributed by atoms with E-state index in [0.29, 0.717) is 13.0 Å². The second kappa shape index (κ2) is 27.8. The van der Waals surface area contributed by atoms with Crippen molar-refractivity contribution in [3.63, 3.8) is 0 Å². The summed E-state index contributed by atoms with van der Waals surface area (Å²) in [6.07, 6.45) is 24.1. The predicted molar refractivity (Wildman–Crippen MR) is 155 cm³/mol. The summed E-state index contributed by atoms with van der Waals surface area (Å²) in [7, 11) is -4.24. The molecule has 0 heterocycles. The summed E-state index contributed by atoms with van der Waals surface area (Å²) in [4.78, 5) is 21.9. The van der Waals surface area contributed by atoms with Gasteiger partial charge in [-0.15, -0.1) is 0 Å². The number of allylic oxidation sites excluding steroid dienone is 2. The van der Waals surface area contributed by atoms with Crippen LogP contribution in [-0.4, -0.2) is 49.9 Å². The average molecular weight is 564 g/mol. The SMILES string of the molecule is CCCCCCC/C=C\CCCCCCCCOCC(COP(=O)(O)OCCN)OC(=O)CCCCCC. The van der Waals surface area contributed by atoms with E-state index in [4.69, 9.17) is 24.3 Å². The van der Waals surface area contributed by atoms with Gasteiger partial charge in [0.15, 0.2) is 0 Å². The third kappa shape index (κ3) is 26.8. The fourth-order valence-corrected chi connectivity index (χ4v) is 4.69. The number of carbonyl (C=O) groups excluding carboxylic acids is 1. The van der Waals surface area contributed by atoms with E-state index < -0.39 is 13.9 Å². The van der Waals surface area contributed by atoms with E-state index in [9.17, 15) is 14.3 Å². The fraction of sp³-hybridized carbons (Fsp3) is 0.897. The predicted octanol–water partition coefficient (Wildman–Crippen LogP) is 7.62. The van der Waals surface area contributed by atoms with Crippen LogP contribution < -0.4 is 5.73 Å². The van der Waals surface area contributed by atoms with Crippen LogP contribution in [0.3, 0.4) is 0 Å². The minimum atomic E-state index is -4.24. The number of ether oxygens (including phenoxy) is 2. The molecule has 0 spiro atoms. The van der Waals surface area contributed by atoms with Crippen molar-refractivity contribution in [2.75, 3.05) is 33.0 Å². The quantitative estimate of drug-likeness (QED) is 0.0413. The van der Waals surface area contributed by atoms with Gasteiger partial charge in [-0.25, -0.2) is 4.57 Å². The van der Waals surface area contributed by atoms with Gasteiger partial charge in [-0.1, -0.05) is 96.6 Å². The van der Waals surface area contributed by atoms with Crippen molar-refractivity contribution < 1.29 is 32.8 Å². The molecule has 8 nitrogen and oxygen atoms in total. The zero-order valence-corrected chi connectivity index (χ0v) is 25.3. The molecule has 0 aliphatic heterocycles. The van der Waals surface area contributed by atoms with Gasteiger partial charge < -0.3 is 20.1 Å². The molecule has 2 atom stereocenters. The summed E-state index contributed by atoms with van der Waals surface area (Å²) in [6, 6.07) is 0. The van der Waals surface area contributed by atoms with Crippen LogP contribution in [0.4, 0.5) is 0 Å². The third-order valence-corrected chi connectivity index (χ3v) is 7.17. The van der Waals surface area contributed by atoms with Gasteiger partial charge in [0.05, 0.1) is 19.8 Å². The summed E-state index contributed by atoms with van der Waals surface area (Å²) in [5.74, 6) is -0.351. The number of hydrogen-bond donors (Lipinski definition) is 2. The molecule has 0 aliphatic carbocycles. The first-order chi connectivity index (χ1) is 18.4. The minimum Gasteiger partial charge on any atom is -0.457 e. The molecule has 0 saturated carbocycles. The zero-order chi connectivity index (χ0) is 28.2. The molecule has 0 aromatic carbocycles. The number of unbranched alkanes of at least 4 members (excludes halogenated alkanes) is 14. The number of nitrogens with two attached hydrogens (primary N) is 1. The molecular weight excluding hydrogens is 505 g/mol. The molecule has 0 aromatic rings. The molecule has 0 saturated heterocycles. The Labute approximate surface area is 233 Å². The van der Waals surface area contributed by atoms with Crippen LogP contribution in [0.1, 0.15) is 129 Å². The van der Waals surface area contributed by atoms with Gasteiger partial charge in [-0.05, 0) is 38.5 Å². The summed E-state index contributed by atoms with van der Waals surface area (Å²) in [6.45, 7) is 4.76. The van der Waals surface area contributed by atoms with Crippen LogP contribution in [-0.2, 0) is 27.9 Å². The normalized spacial score (nSPS) is 14.1. The summed E-state index contributed by atoms with van der Waals surface area (Å²) in [5.41, 5.74) is 5.30. The van der Waals surface area contributed by atoms with E-state index >= 15 is 0 Å². The van der Waals surface area contributed by atoms with E-state index in [0.717, 1.165) is 38.5 Å². The van der Waals surface area contributed by atoms with E-state index in [-0.39, 0.29) is 32.3 Å². The van der Waals surface area contributed by atoms with Crippen LogP contribution in [0.5, 0.6) is 0 Å². The van der Waals surface area contributed by atoms with Gasteiger partial charge >= 0.3 is 13.8 Å². The minimum absolute atomic E-state index is 0.0952. The highest BCUT2D eigenvalue weighted by Gasteiger charge is 2.25. The molecule has 3 N–H and O–H groups in total. The van der Waals surface area contributed by atoms with Gasteiger partial charge in [0.25, 0.3) is 0 Å². The highest BCUT2D eigenvalue weighted by atomic mass is 31.2. The van der Waals surface area contributed by atoms with Gasteiger partial charge in [0.1, 0.15) is 6.10 Å². The molecule has 2 unspecified atom stereocenters. The molecular formula is C29H58NO7P. The van der Waals surface area contributed by atoms with Crippen molar-refractivity contribution in [2.45, 2.75) is 136 Å². The second-order valence-electron chi connectivity index (χ2n) is 9.97. The molecule has 9 heteroatoms. The second-order valence-corrected chi connectivity index (χ2v) is 11.4. The lowest BCUT2D eigenvalue weighted by molar-refractivity contribution is -0.154. The molecule has 0 rings (SSSR count). The first-order valence-corrected chi connectivity index (χ1v) is 16.7. The molecule has 38 heavy (non-hydrogen) atoms. The number of carbonyl (C=O) groups is 1. The summed E-state index contributed by atoms with van der Waals surface area (Å²) < 4.78 is 32.8. The van der Waals surface area contributed by atoms with Gasteiger partial charge in [0, 0.05) is 19.6 Å². The smallest absolute Gasteiger partial charge is 0.457 e. The Morgan fingerprint density at radius 3 is 1.92 bits per heavy atom. The Kier molecular flexibility index (Phi) is 27.2. The first-order valence-electron chi connectivity index (χ1n) is 15.2. The lowest BCUT2D eigenvalue weighted by Crippen LogP contribution is -2.28. The summed E-state index contributed by atoms with van der Waals surface area (Å²) in [5, 5.41) is 0. The topological polar surface area (TPSA) is 117 Å². The zero-order valence-electron chi connectivity index (χ0n) is 24.4. The number of esters is 1. The Balaban J connectivity index is 3.99. The Hall–Kier alpha value is -0.760. The monoisotopic (exact) mass is 563 g/mol. The lowest BCUT2D eigenvalue weighted by Gasteiger charge is -2.20. The molecule has 0 bridgehead atoms. The van der Waals surface area contributed by atoms with Crippen LogP contribution in [0.25, 0.3) is 0 Å². The third-order valence-electron chi connectivity index (χ3n) is 6.18. The number of rotatable bonds is 29. The lowest BCUT2D eigenvalue weighted by atomic mass is 10.1. The van der Waals surface area contributed by atoms with E-state index in [1.165, 1.54) is 70.6 Å². The van der Waals surface area contributed by atoms with Crippen LogP contribution >= 0.6 is 7.82 Å². The van der Waals surface area contributed by atoms with Gasteiger partial charge in [-0.2, -0.15) is 0 Å². The number of phosphoric acid groups is 1. The molecule has 226 valence electrons. The standard InChI is InChI=1S/C29H58NO7P/c1-3-5-7-9-10-11-12-13-14-15-16-17-18-19-21-24-34-26-28(27-36-38(32,33)35-25-23-30)37-29(31)22-20-8-6-4-2/h12-13,28H,3-11,14-27,30H2,1-2H3,(H,32,33)/b13-12-. The maximum atomic E-state index is 12.2. The molecule has 0 amide bonds. The largest absolute Gasteiger partial charge is 0.472 e. The van der Waals surface area contributed by atoms with E-state index in [2.05, 4.69) is 26.0 Å². The maximum Gasteiger partial charge on any atom is 0.472 e. The average Bonchev–Trinajstić information content (AvgIpc) is 2.90. The van der Waals surface area contributed by atoms with Crippen molar-refractivity contribution in [1.29, 1.82) is 0 Å². The highest BCUT2D eigenvalue weighted by molar-refractivity contribution is 7.47. The van der Waals surface area contributed by atoms with Crippen molar-refractivity contribution in [3.05, 3.63) is 12.2 Å². The van der Waals surface area contributed by atoms with Crippen LogP contribution in [0.15, 0.2) is 12.2 Å². The maximum absolute atomic E-state index is 12.2. The molecule has 0 fully saturated rings. The molecule has 0 aromatic heterocycles. The van der Waals surface area contributed by atoms with Crippen LogP contribution in [0.2, 0.25) is 0 Å². The summed E-state index contributed by atoms with van der Waals surface area (Å²) >= 11 is 0. The van der Waals surface area contributed by atoms with E-state index in [1.54, 1.807) is 0 Å². The molecule has 0 aliphatic rings. The van der Waals surface area contributed by atoms with Crippen LogP contribution in [0, 0.1) is 0 Å². The number of phosphoric ester groups is 1. The highest BCUT2D eigenvalue weighted by Crippen LogP contribution is 2.43. The molecule has 0 radical (unpaired) electrons. The Morgan fingerprint density at radius 2 is 1.32 bits per heavy atom. The fourth-order valence-electron chi connectivity index (χ4n) is 3.93. The van der Waals surface area contributed by atoms with Gasteiger partial charge in [-0.3, -0.25) is 13.8 Å². The van der Waals surface area contributed by atoms with Crippen molar-refractivity contribution in [2.24, 2.45) is 5.73 Å².